The lowest BCUT2D eigenvalue weighted by Crippen LogP contribution is -2.15. The number of nitrogens with zero attached hydrogens (tertiary/aromatic N) is 3. The van der Waals surface area contributed by atoms with Crippen LogP contribution in [0, 0.1) is 0 Å². The molecule has 0 amide bonds. The fourth-order valence-electron chi connectivity index (χ4n) is 8.71. The van der Waals surface area contributed by atoms with E-state index >= 15 is 0 Å². The topological polar surface area (TPSA) is 30.7 Å². The van der Waals surface area contributed by atoms with Crippen molar-refractivity contribution in [3.8, 4) is 39.5 Å². The van der Waals surface area contributed by atoms with Crippen LogP contribution in [0.2, 0.25) is 0 Å². The Morgan fingerprint density at radius 3 is 1.96 bits per heavy atom. The minimum atomic E-state index is -0.135. The van der Waals surface area contributed by atoms with Crippen molar-refractivity contribution in [1.29, 1.82) is 0 Å². The van der Waals surface area contributed by atoms with Gasteiger partial charge in [0.05, 0.1) is 22.2 Å². The molecule has 0 spiro atoms. The summed E-state index contributed by atoms with van der Waals surface area (Å²) in [5.74, 6) is 0.717. The van der Waals surface area contributed by atoms with Gasteiger partial charge >= 0.3 is 0 Å². The molecule has 0 fully saturated rings. The maximum atomic E-state index is 5.29. The summed E-state index contributed by atoms with van der Waals surface area (Å²) in [5, 5.41) is 8.54. The lowest BCUT2D eigenvalue weighted by Gasteiger charge is -2.22. The SMILES string of the molecule is CC1(C)c2cc3ccccc3cc2-c2cc3c4ccccc4n(-c4cccc(-c5nc(-c6ccc7ccccc7c6)c6ccccc6n5)c4)c3cc21. The van der Waals surface area contributed by atoms with Gasteiger partial charge in [0.25, 0.3) is 0 Å². The molecule has 0 radical (unpaired) electrons. The van der Waals surface area contributed by atoms with Crippen molar-refractivity contribution in [2.45, 2.75) is 19.3 Å². The van der Waals surface area contributed by atoms with Crippen LogP contribution in [0.1, 0.15) is 25.0 Å². The van der Waals surface area contributed by atoms with Crippen LogP contribution in [-0.2, 0) is 5.41 Å². The molecule has 0 aliphatic heterocycles. The van der Waals surface area contributed by atoms with Crippen molar-refractivity contribution in [3.63, 3.8) is 0 Å². The van der Waals surface area contributed by atoms with Crippen LogP contribution < -0.4 is 0 Å². The smallest absolute Gasteiger partial charge is 0.160 e. The van der Waals surface area contributed by atoms with Crippen molar-refractivity contribution < 1.29 is 0 Å². The number of fused-ring (bicyclic) bond motifs is 9. The zero-order valence-corrected chi connectivity index (χ0v) is 28.9. The third kappa shape index (κ3) is 4.20. The highest BCUT2D eigenvalue weighted by Gasteiger charge is 2.36. The lowest BCUT2D eigenvalue weighted by atomic mass is 9.81. The van der Waals surface area contributed by atoms with E-state index in [0.717, 1.165) is 33.4 Å². The minimum Gasteiger partial charge on any atom is -0.309 e. The van der Waals surface area contributed by atoms with Gasteiger partial charge in [0.15, 0.2) is 5.82 Å². The molecule has 11 rings (SSSR count). The second kappa shape index (κ2) is 10.7. The minimum absolute atomic E-state index is 0.135. The number of aromatic nitrogens is 3. The van der Waals surface area contributed by atoms with Crippen molar-refractivity contribution in [2.75, 3.05) is 0 Å². The number of para-hydroxylation sites is 2. The van der Waals surface area contributed by atoms with Gasteiger partial charge in [-0.2, -0.15) is 0 Å². The molecule has 1 aliphatic carbocycles. The van der Waals surface area contributed by atoms with E-state index in [1.807, 2.05) is 0 Å². The van der Waals surface area contributed by atoms with Crippen LogP contribution in [0.25, 0.3) is 93.7 Å². The van der Waals surface area contributed by atoms with Gasteiger partial charge in [0.1, 0.15) is 0 Å². The van der Waals surface area contributed by atoms with E-state index in [9.17, 15) is 0 Å². The van der Waals surface area contributed by atoms with Crippen LogP contribution >= 0.6 is 0 Å². The third-order valence-electron chi connectivity index (χ3n) is 11.3. The average molecular weight is 664 g/mol. The van der Waals surface area contributed by atoms with Crippen LogP contribution in [0.4, 0.5) is 0 Å². The Kier molecular flexibility index (Phi) is 6.01. The molecule has 0 saturated carbocycles. The Morgan fingerprint density at radius 1 is 0.442 bits per heavy atom. The van der Waals surface area contributed by atoms with Crippen molar-refractivity contribution in [1.82, 2.24) is 14.5 Å². The molecule has 1 aliphatic rings. The summed E-state index contributed by atoms with van der Waals surface area (Å²) in [5.41, 5.74) is 12.7. The summed E-state index contributed by atoms with van der Waals surface area (Å²) in [7, 11) is 0. The molecule has 3 nitrogen and oxygen atoms in total. The molecule has 0 atom stereocenters. The standard InChI is InChI=1S/C49H33N3/c1-49(2)42-27-33-15-6-5-14-32(33)26-39(42)40-28-41-37-18-8-10-21-45(37)52(46(41)29-43(40)49)36-17-11-16-35(25-36)48-50-44-20-9-7-19-38(44)47(51-48)34-23-22-30-12-3-4-13-31(30)24-34/h3-29H,1-2H3. The summed E-state index contributed by atoms with van der Waals surface area (Å²) >= 11 is 0. The van der Waals surface area contributed by atoms with E-state index in [-0.39, 0.29) is 5.41 Å². The molecular weight excluding hydrogens is 631 g/mol. The second-order valence-electron chi connectivity index (χ2n) is 14.7. The van der Waals surface area contributed by atoms with Gasteiger partial charge in [-0.3, -0.25) is 0 Å². The maximum absolute atomic E-state index is 5.29. The van der Waals surface area contributed by atoms with Crippen molar-refractivity contribution in [3.05, 3.63) is 175 Å². The second-order valence-corrected chi connectivity index (χ2v) is 14.7. The molecule has 8 aromatic carbocycles. The summed E-state index contributed by atoms with van der Waals surface area (Å²) in [4.78, 5) is 10.4. The molecular formula is C49H33N3. The highest BCUT2D eigenvalue weighted by atomic mass is 15.0. The molecule has 0 bridgehead atoms. The number of hydrogen-bond donors (Lipinski definition) is 0. The fourth-order valence-corrected chi connectivity index (χ4v) is 8.71. The Hall–Kier alpha value is -6.58. The third-order valence-corrected chi connectivity index (χ3v) is 11.3. The number of hydrogen-bond acceptors (Lipinski definition) is 2. The van der Waals surface area contributed by atoms with Crippen LogP contribution in [0.3, 0.4) is 0 Å². The van der Waals surface area contributed by atoms with Gasteiger partial charge in [-0.15, -0.1) is 0 Å². The Balaban J connectivity index is 1.11. The largest absolute Gasteiger partial charge is 0.309 e. The maximum Gasteiger partial charge on any atom is 0.160 e. The highest BCUT2D eigenvalue weighted by Crippen LogP contribution is 2.52. The normalized spacial score (nSPS) is 13.3. The van der Waals surface area contributed by atoms with E-state index in [1.54, 1.807) is 0 Å². The van der Waals surface area contributed by atoms with E-state index < -0.39 is 0 Å². The first kappa shape index (κ1) is 29.2. The average Bonchev–Trinajstić information content (AvgIpc) is 3.63. The van der Waals surface area contributed by atoms with Gasteiger partial charge in [0.2, 0.25) is 0 Å². The molecule has 10 aromatic rings. The summed E-state index contributed by atoms with van der Waals surface area (Å²) in [6, 6.07) is 59.3. The highest BCUT2D eigenvalue weighted by molar-refractivity contribution is 6.12. The quantitative estimate of drug-likeness (QED) is 0.188. The van der Waals surface area contributed by atoms with E-state index in [4.69, 9.17) is 9.97 Å². The van der Waals surface area contributed by atoms with E-state index in [1.165, 1.54) is 65.6 Å². The van der Waals surface area contributed by atoms with Gasteiger partial charge in [-0.05, 0) is 98.4 Å². The zero-order chi connectivity index (χ0) is 34.6. The lowest BCUT2D eigenvalue weighted by molar-refractivity contribution is 0.662. The van der Waals surface area contributed by atoms with Crippen LogP contribution in [-0.4, -0.2) is 14.5 Å². The molecule has 0 unspecified atom stereocenters. The first-order chi connectivity index (χ1) is 25.5. The first-order valence-electron chi connectivity index (χ1n) is 18.0. The number of benzene rings is 8. The van der Waals surface area contributed by atoms with Gasteiger partial charge in [-0.1, -0.05) is 123 Å². The molecule has 0 saturated heterocycles. The fraction of sp³-hybridized carbons (Fsp3) is 0.0612. The summed E-state index contributed by atoms with van der Waals surface area (Å²) in [6.45, 7) is 4.74. The monoisotopic (exact) mass is 663 g/mol. The molecule has 52 heavy (non-hydrogen) atoms. The van der Waals surface area contributed by atoms with Crippen LogP contribution in [0.15, 0.2) is 164 Å². The molecule has 3 heteroatoms. The van der Waals surface area contributed by atoms with Gasteiger partial charge in [-0.25, -0.2) is 9.97 Å². The molecule has 0 N–H and O–H groups in total. The summed E-state index contributed by atoms with van der Waals surface area (Å²) < 4.78 is 2.43. The van der Waals surface area contributed by atoms with E-state index in [0.29, 0.717) is 5.82 Å². The molecule has 2 aromatic heterocycles. The first-order valence-corrected chi connectivity index (χ1v) is 18.0. The predicted molar refractivity (Wildman–Crippen MR) is 217 cm³/mol. The predicted octanol–water partition coefficient (Wildman–Crippen LogP) is 12.7. The Labute approximate surface area is 301 Å². The van der Waals surface area contributed by atoms with Gasteiger partial charge < -0.3 is 4.57 Å². The molecule has 244 valence electrons. The van der Waals surface area contributed by atoms with Crippen molar-refractivity contribution in [2.24, 2.45) is 0 Å². The number of rotatable bonds is 3. The van der Waals surface area contributed by atoms with Gasteiger partial charge in [0, 0.05) is 38.4 Å². The zero-order valence-electron chi connectivity index (χ0n) is 28.9. The summed E-state index contributed by atoms with van der Waals surface area (Å²) in [6.07, 6.45) is 0. The molecule has 2 heterocycles. The van der Waals surface area contributed by atoms with Crippen molar-refractivity contribution >= 4 is 54.3 Å². The Morgan fingerprint density at radius 2 is 1.12 bits per heavy atom. The Bertz CT molecular complexity index is 3110. The van der Waals surface area contributed by atoms with E-state index in [2.05, 4.69) is 182 Å². The van der Waals surface area contributed by atoms with Crippen LogP contribution in [0.5, 0.6) is 0 Å².